The van der Waals surface area contributed by atoms with Crippen LogP contribution in [0, 0.1) is 6.92 Å². The lowest BCUT2D eigenvalue weighted by atomic mass is 9.93. The third-order valence-corrected chi connectivity index (χ3v) is 4.74. The third kappa shape index (κ3) is 3.93. The van der Waals surface area contributed by atoms with Crippen molar-refractivity contribution in [3.63, 3.8) is 0 Å². The standard InChI is InChI=1S/C19H27N5O2/c1-13(2)24-18(7-8-20-24)17-10-16(21-14(3)22-17)15-6-5-9-23(11-15)19(25)12-26-4/h7-8,10,13,15H,5-6,9,11-12H2,1-4H3/t15-/m0/s1. The van der Waals surface area contributed by atoms with Crippen molar-refractivity contribution in [1.29, 1.82) is 0 Å². The molecule has 0 aliphatic carbocycles. The normalized spacial score (nSPS) is 17.7. The van der Waals surface area contributed by atoms with E-state index in [2.05, 4.69) is 35.0 Å². The summed E-state index contributed by atoms with van der Waals surface area (Å²) >= 11 is 0. The van der Waals surface area contributed by atoms with E-state index >= 15 is 0 Å². The summed E-state index contributed by atoms with van der Waals surface area (Å²) in [5.41, 5.74) is 2.88. The molecule has 0 unspecified atom stereocenters. The Labute approximate surface area is 154 Å². The number of aromatic nitrogens is 4. The van der Waals surface area contributed by atoms with Crippen LogP contribution in [-0.4, -0.2) is 57.4 Å². The van der Waals surface area contributed by atoms with E-state index in [0.29, 0.717) is 6.54 Å². The van der Waals surface area contributed by atoms with Gasteiger partial charge in [-0.25, -0.2) is 9.97 Å². The predicted molar refractivity (Wildman–Crippen MR) is 98.8 cm³/mol. The third-order valence-electron chi connectivity index (χ3n) is 4.74. The highest BCUT2D eigenvalue weighted by Gasteiger charge is 2.26. The smallest absolute Gasteiger partial charge is 0.248 e. The monoisotopic (exact) mass is 357 g/mol. The molecular formula is C19H27N5O2. The predicted octanol–water partition coefficient (Wildman–Crippen LogP) is 2.58. The van der Waals surface area contributed by atoms with Crippen molar-refractivity contribution < 1.29 is 9.53 Å². The lowest BCUT2D eigenvalue weighted by Crippen LogP contribution is -2.41. The molecule has 7 nitrogen and oxygen atoms in total. The van der Waals surface area contributed by atoms with Crippen molar-refractivity contribution in [2.75, 3.05) is 26.8 Å². The molecule has 3 heterocycles. The SMILES string of the molecule is COCC(=O)N1CCC[C@H](c2cc(-c3ccnn3C(C)C)nc(C)n2)C1. The van der Waals surface area contributed by atoms with Crippen LogP contribution in [0.5, 0.6) is 0 Å². The van der Waals surface area contributed by atoms with Crippen LogP contribution in [0.25, 0.3) is 11.4 Å². The number of carbonyl (C=O) groups is 1. The molecule has 2 aromatic rings. The average molecular weight is 357 g/mol. The molecule has 3 rings (SSSR count). The van der Waals surface area contributed by atoms with E-state index < -0.39 is 0 Å². The van der Waals surface area contributed by atoms with E-state index in [1.165, 1.54) is 0 Å². The van der Waals surface area contributed by atoms with Gasteiger partial charge in [0, 0.05) is 44.0 Å². The van der Waals surface area contributed by atoms with Crippen LogP contribution in [0.4, 0.5) is 0 Å². The maximum Gasteiger partial charge on any atom is 0.248 e. The molecule has 0 N–H and O–H groups in total. The number of methoxy groups -OCH3 is 1. The Morgan fingerprint density at radius 1 is 1.38 bits per heavy atom. The number of hydrogen-bond acceptors (Lipinski definition) is 5. The summed E-state index contributed by atoms with van der Waals surface area (Å²) in [6, 6.07) is 4.30. The minimum absolute atomic E-state index is 0.0427. The summed E-state index contributed by atoms with van der Waals surface area (Å²) in [7, 11) is 1.55. The van der Waals surface area contributed by atoms with Gasteiger partial charge in [0.1, 0.15) is 12.4 Å². The van der Waals surface area contributed by atoms with Crippen molar-refractivity contribution >= 4 is 5.91 Å². The zero-order valence-corrected chi connectivity index (χ0v) is 16.0. The number of piperidine rings is 1. The molecule has 1 fully saturated rings. The van der Waals surface area contributed by atoms with Crippen LogP contribution in [0.2, 0.25) is 0 Å². The molecule has 26 heavy (non-hydrogen) atoms. The van der Waals surface area contributed by atoms with E-state index in [-0.39, 0.29) is 24.5 Å². The molecule has 1 atom stereocenters. The maximum atomic E-state index is 12.2. The van der Waals surface area contributed by atoms with Crippen molar-refractivity contribution in [3.8, 4) is 11.4 Å². The molecule has 0 saturated carbocycles. The van der Waals surface area contributed by atoms with Gasteiger partial charge in [0.05, 0.1) is 11.4 Å². The number of rotatable bonds is 5. The summed E-state index contributed by atoms with van der Waals surface area (Å²) in [5, 5.41) is 4.41. The highest BCUT2D eigenvalue weighted by molar-refractivity contribution is 5.77. The van der Waals surface area contributed by atoms with E-state index in [4.69, 9.17) is 4.74 Å². The molecule has 7 heteroatoms. The largest absolute Gasteiger partial charge is 0.375 e. The summed E-state index contributed by atoms with van der Waals surface area (Å²) in [6.07, 6.45) is 3.80. The Kier molecular flexibility index (Phi) is 5.66. The van der Waals surface area contributed by atoms with E-state index in [1.807, 2.05) is 22.6 Å². The first-order chi connectivity index (χ1) is 12.5. The summed E-state index contributed by atoms with van der Waals surface area (Å²) < 4.78 is 6.97. The van der Waals surface area contributed by atoms with Crippen LogP contribution in [0.1, 0.15) is 50.2 Å². The van der Waals surface area contributed by atoms with Gasteiger partial charge in [0.2, 0.25) is 5.91 Å². The van der Waals surface area contributed by atoms with Gasteiger partial charge in [-0.1, -0.05) is 0 Å². The first kappa shape index (κ1) is 18.5. The molecule has 1 aliphatic heterocycles. The highest BCUT2D eigenvalue weighted by Crippen LogP contribution is 2.29. The van der Waals surface area contributed by atoms with Crippen molar-refractivity contribution in [1.82, 2.24) is 24.6 Å². The van der Waals surface area contributed by atoms with Gasteiger partial charge in [0.25, 0.3) is 0 Å². The Morgan fingerprint density at radius 3 is 2.92 bits per heavy atom. The number of likely N-dealkylation sites (tertiary alicyclic amines) is 1. The van der Waals surface area contributed by atoms with E-state index in [9.17, 15) is 4.79 Å². The van der Waals surface area contributed by atoms with Gasteiger partial charge in [-0.3, -0.25) is 9.48 Å². The number of hydrogen-bond donors (Lipinski definition) is 0. The average Bonchev–Trinajstić information content (AvgIpc) is 3.12. The van der Waals surface area contributed by atoms with Crippen molar-refractivity contribution in [2.24, 2.45) is 0 Å². The summed E-state index contributed by atoms with van der Waals surface area (Å²) in [6.45, 7) is 7.73. The maximum absolute atomic E-state index is 12.2. The lowest BCUT2D eigenvalue weighted by Gasteiger charge is -2.32. The fourth-order valence-corrected chi connectivity index (χ4v) is 3.52. The zero-order valence-electron chi connectivity index (χ0n) is 16.0. The Hall–Kier alpha value is -2.28. The van der Waals surface area contributed by atoms with Crippen molar-refractivity contribution in [2.45, 2.75) is 45.6 Å². The van der Waals surface area contributed by atoms with Gasteiger partial charge >= 0.3 is 0 Å². The van der Waals surface area contributed by atoms with Crippen LogP contribution in [0.15, 0.2) is 18.3 Å². The number of aryl methyl sites for hydroxylation is 1. The number of amides is 1. The van der Waals surface area contributed by atoms with E-state index in [0.717, 1.165) is 42.3 Å². The first-order valence-electron chi connectivity index (χ1n) is 9.15. The topological polar surface area (TPSA) is 73.1 Å². The molecule has 1 saturated heterocycles. The number of nitrogens with zero attached hydrogens (tertiary/aromatic N) is 5. The quantitative estimate of drug-likeness (QED) is 0.822. The fraction of sp³-hybridized carbons (Fsp3) is 0.579. The summed E-state index contributed by atoms with van der Waals surface area (Å²) in [4.78, 5) is 23.4. The van der Waals surface area contributed by atoms with Gasteiger partial charge < -0.3 is 9.64 Å². The lowest BCUT2D eigenvalue weighted by molar-refractivity contribution is -0.136. The Balaban J connectivity index is 1.88. The van der Waals surface area contributed by atoms with Gasteiger partial charge in [0.15, 0.2) is 0 Å². The molecule has 1 aliphatic rings. The molecule has 0 aromatic carbocycles. The molecular weight excluding hydrogens is 330 g/mol. The van der Waals surface area contributed by atoms with Gasteiger partial charge in [-0.2, -0.15) is 5.10 Å². The van der Waals surface area contributed by atoms with Crippen LogP contribution in [-0.2, 0) is 9.53 Å². The summed E-state index contributed by atoms with van der Waals surface area (Å²) in [5.74, 6) is 1.01. The first-order valence-corrected chi connectivity index (χ1v) is 9.15. The molecule has 0 radical (unpaired) electrons. The Morgan fingerprint density at radius 2 is 2.19 bits per heavy atom. The number of carbonyl (C=O) groups excluding carboxylic acids is 1. The molecule has 140 valence electrons. The van der Waals surface area contributed by atoms with Gasteiger partial charge in [-0.05, 0) is 45.7 Å². The van der Waals surface area contributed by atoms with E-state index in [1.54, 1.807) is 13.3 Å². The molecule has 0 spiro atoms. The second kappa shape index (κ2) is 7.95. The minimum atomic E-state index is 0.0427. The molecule has 1 amide bonds. The zero-order chi connectivity index (χ0) is 18.7. The van der Waals surface area contributed by atoms with Crippen LogP contribution in [0.3, 0.4) is 0 Å². The molecule has 0 bridgehead atoms. The van der Waals surface area contributed by atoms with Gasteiger partial charge in [-0.15, -0.1) is 0 Å². The van der Waals surface area contributed by atoms with Crippen LogP contribution < -0.4 is 0 Å². The fourth-order valence-electron chi connectivity index (χ4n) is 3.52. The van der Waals surface area contributed by atoms with Crippen molar-refractivity contribution in [3.05, 3.63) is 29.8 Å². The second-order valence-corrected chi connectivity index (χ2v) is 7.09. The number of ether oxygens (including phenoxy) is 1. The second-order valence-electron chi connectivity index (χ2n) is 7.09. The highest BCUT2D eigenvalue weighted by atomic mass is 16.5. The molecule has 2 aromatic heterocycles. The Bertz CT molecular complexity index is 771. The van der Waals surface area contributed by atoms with Crippen LogP contribution >= 0.6 is 0 Å². The minimum Gasteiger partial charge on any atom is -0.375 e.